The minimum atomic E-state index is 0.394. The lowest BCUT2D eigenvalue weighted by Crippen LogP contribution is -1.92. The maximum atomic E-state index is 5.50. The van der Waals surface area contributed by atoms with Crippen molar-refractivity contribution in [3.05, 3.63) is 59.7 Å². The molecule has 0 amide bonds. The summed E-state index contributed by atoms with van der Waals surface area (Å²) in [6, 6.07) is 16.0. The van der Waals surface area contributed by atoms with Crippen molar-refractivity contribution in [2.75, 3.05) is 5.43 Å². The first-order valence-corrected chi connectivity index (χ1v) is 6.03. The second-order valence-corrected chi connectivity index (χ2v) is 4.21. The molecule has 4 heteroatoms. The van der Waals surface area contributed by atoms with Crippen molar-refractivity contribution in [3.8, 4) is 0 Å². The molecule has 94 valence electrons. The molecule has 3 aromatic rings. The first-order valence-electron chi connectivity index (χ1n) is 6.03. The molecule has 1 aromatic heterocycles. The van der Waals surface area contributed by atoms with E-state index in [1.54, 1.807) is 6.21 Å². The van der Waals surface area contributed by atoms with Crippen molar-refractivity contribution in [1.82, 2.24) is 4.98 Å². The molecule has 0 spiro atoms. The topological polar surface area (TPSA) is 50.4 Å². The fraction of sp³-hybridized carbons (Fsp3) is 0.0667. The van der Waals surface area contributed by atoms with Gasteiger partial charge in [0.1, 0.15) is 5.52 Å². The highest BCUT2D eigenvalue weighted by molar-refractivity contribution is 5.82. The SMILES string of the molecule is Cc1ccccc1C=NNc1nc2ccccc2o1. The number of aromatic nitrogens is 1. The molecule has 0 radical (unpaired) electrons. The van der Waals surface area contributed by atoms with Crippen molar-refractivity contribution < 1.29 is 4.42 Å². The minimum Gasteiger partial charge on any atom is -0.422 e. The van der Waals surface area contributed by atoms with Gasteiger partial charge in [-0.3, -0.25) is 0 Å². The van der Waals surface area contributed by atoms with Gasteiger partial charge < -0.3 is 4.42 Å². The fourth-order valence-electron chi connectivity index (χ4n) is 1.81. The second kappa shape index (κ2) is 4.94. The molecule has 0 aliphatic carbocycles. The average Bonchev–Trinajstić information content (AvgIpc) is 2.83. The molecule has 0 atom stereocenters. The zero-order chi connectivity index (χ0) is 13.1. The molecule has 19 heavy (non-hydrogen) atoms. The van der Waals surface area contributed by atoms with Crippen molar-refractivity contribution >= 4 is 23.3 Å². The third-order valence-corrected chi connectivity index (χ3v) is 2.85. The van der Waals surface area contributed by atoms with E-state index in [-0.39, 0.29) is 0 Å². The van der Waals surface area contributed by atoms with Crippen molar-refractivity contribution in [3.63, 3.8) is 0 Å². The maximum absolute atomic E-state index is 5.50. The van der Waals surface area contributed by atoms with E-state index in [0.717, 1.165) is 16.7 Å². The Bertz CT molecular complexity index is 698. The number of hydrogen-bond acceptors (Lipinski definition) is 4. The number of hydrazone groups is 1. The van der Waals surface area contributed by atoms with Crippen LogP contribution in [0.3, 0.4) is 0 Å². The van der Waals surface area contributed by atoms with Gasteiger partial charge in [-0.15, -0.1) is 0 Å². The highest BCUT2D eigenvalue weighted by atomic mass is 16.4. The summed E-state index contributed by atoms with van der Waals surface area (Å²) in [5.74, 6) is 0. The van der Waals surface area contributed by atoms with Crippen LogP contribution < -0.4 is 5.43 Å². The molecule has 0 saturated carbocycles. The van der Waals surface area contributed by atoms with Gasteiger partial charge in [-0.1, -0.05) is 36.4 Å². The minimum absolute atomic E-state index is 0.394. The number of benzene rings is 2. The summed E-state index contributed by atoms with van der Waals surface area (Å²) in [7, 11) is 0. The second-order valence-electron chi connectivity index (χ2n) is 4.21. The molecule has 0 bridgehead atoms. The zero-order valence-corrected chi connectivity index (χ0v) is 10.5. The quantitative estimate of drug-likeness (QED) is 0.571. The molecule has 0 unspecified atom stereocenters. The number of nitrogens with zero attached hydrogens (tertiary/aromatic N) is 2. The van der Waals surface area contributed by atoms with Crippen LogP contribution in [0.4, 0.5) is 6.01 Å². The van der Waals surface area contributed by atoms with Gasteiger partial charge in [-0.25, -0.2) is 5.43 Å². The number of para-hydroxylation sites is 2. The van der Waals surface area contributed by atoms with Gasteiger partial charge in [0.15, 0.2) is 5.58 Å². The Kier molecular flexibility index (Phi) is 2.98. The van der Waals surface area contributed by atoms with E-state index >= 15 is 0 Å². The van der Waals surface area contributed by atoms with Crippen molar-refractivity contribution in [2.45, 2.75) is 6.92 Å². The van der Waals surface area contributed by atoms with Crippen LogP contribution >= 0.6 is 0 Å². The Morgan fingerprint density at radius 1 is 1.11 bits per heavy atom. The summed E-state index contributed by atoms with van der Waals surface area (Å²) < 4.78 is 5.50. The average molecular weight is 251 g/mol. The van der Waals surface area contributed by atoms with E-state index in [0.29, 0.717) is 6.01 Å². The van der Waals surface area contributed by atoms with Crippen molar-refractivity contribution in [2.24, 2.45) is 5.10 Å². The highest BCUT2D eigenvalue weighted by Gasteiger charge is 2.02. The fourth-order valence-corrected chi connectivity index (χ4v) is 1.81. The van der Waals surface area contributed by atoms with E-state index in [2.05, 4.69) is 15.5 Å². The molecular weight excluding hydrogens is 238 g/mol. The first kappa shape index (κ1) is 11.5. The number of oxazole rings is 1. The summed E-state index contributed by atoms with van der Waals surface area (Å²) in [5.41, 5.74) is 6.60. The number of hydrogen-bond donors (Lipinski definition) is 1. The normalized spacial score (nSPS) is 11.2. The predicted octanol–water partition coefficient (Wildman–Crippen LogP) is 3.58. The predicted molar refractivity (Wildman–Crippen MR) is 76.4 cm³/mol. The van der Waals surface area contributed by atoms with Crippen LogP contribution in [0.2, 0.25) is 0 Å². The Morgan fingerprint density at radius 3 is 2.74 bits per heavy atom. The summed E-state index contributed by atoms with van der Waals surface area (Å²) in [6.07, 6.45) is 1.75. The molecule has 1 heterocycles. The third-order valence-electron chi connectivity index (χ3n) is 2.85. The van der Waals surface area contributed by atoms with Gasteiger partial charge in [0, 0.05) is 0 Å². The lowest BCUT2D eigenvalue weighted by Gasteiger charge is -1.97. The Balaban J connectivity index is 1.77. The van der Waals surface area contributed by atoms with Crippen LogP contribution in [0.1, 0.15) is 11.1 Å². The molecular formula is C15H13N3O. The van der Waals surface area contributed by atoms with Gasteiger partial charge in [0.2, 0.25) is 0 Å². The van der Waals surface area contributed by atoms with Gasteiger partial charge in [0.05, 0.1) is 6.21 Å². The monoisotopic (exact) mass is 251 g/mol. The molecule has 2 aromatic carbocycles. The van der Waals surface area contributed by atoms with Crippen LogP contribution in [-0.4, -0.2) is 11.2 Å². The van der Waals surface area contributed by atoms with E-state index in [9.17, 15) is 0 Å². The van der Waals surface area contributed by atoms with Gasteiger partial charge in [-0.2, -0.15) is 10.1 Å². The molecule has 4 nitrogen and oxygen atoms in total. The largest absolute Gasteiger partial charge is 0.422 e. The smallest absolute Gasteiger partial charge is 0.316 e. The van der Waals surface area contributed by atoms with E-state index < -0.39 is 0 Å². The first-order chi connectivity index (χ1) is 9.33. The molecule has 0 fully saturated rings. The van der Waals surface area contributed by atoms with E-state index in [1.165, 1.54) is 5.56 Å². The molecule has 0 aliphatic heterocycles. The Labute approximate surface area is 110 Å². The highest BCUT2D eigenvalue weighted by Crippen LogP contribution is 2.17. The molecule has 1 N–H and O–H groups in total. The number of fused-ring (bicyclic) bond motifs is 1. The summed E-state index contributed by atoms with van der Waals surface area (Å²) in [5, 5.41) is 4.14. The van der Waals surface area contributed by atoms with E-state index in [1.807, 2.05) is 55.5 Å². The molecule has 0 saturated heterocycles. The number of aryl methyl sites for hydroxylation is 1. The van der Waals surface area contributed by atoms with Crippen LogP contribution in [0.15, 0.2) is 58.0 Å². The number of nitrogens with one attached hydrogen (secondary N) is 1. The van der Waals surface area contributed by atoms with Crippen LogP contribution in [0.5, 0.6) is 0 Å². The van der Waals surface area contributed by atoms with Crippen LogP contribution in [0, 0.1) is 6.92 Å². The lowest BCUT2D eigenvalue weighted by atomic mass is 10.1. The summed E-state index contributed by atoms with van der Waals surface area (Å²) >= 11 is 0. The Morgan fingerprint density at radius 2 is 1.89 bits per heavy atom. The Hall–Kier alpha value is -2.62. The van der Waals surface area contributed by atoms with Gasteiger partial charge in [-0.05, 0) is 30.2 Å². The van der Waals surface area contributed by atoms with E-state index in [4.69, 9.17) is 4.42 Å². The zero-order valence-electron chi connectivity index (χ0n) is 10.5. The number of anilines is 1. The summed E-state index contributed by atoms with van der Waals surface area (Å²) in [4.78, 5) is 4.27. The van der Waals surface area contributed by atoms with Crippen molar-refractivity contribution in [1.29, 1.82) is 0 Å². The summed E-state index contributed by atoms with van der Waals surface area (Å²) in [6.45, 7) is 2.04. The standard InChI is InChI=1S/C15H13N3O/c1-11-6-2-3-7-12(11)10-16-18-15-17-13-8-4-5-9-14(13)19-15/h2-10H,1H3,(H,17,18). The van der Waals surface area contributed by atoms with Gasteiger partial charge in [0.25, 0.3) is 0 Å². The van der Waals surface area contributed by atoms with Crippen LogP contribution in [0.25, 0.3) is 11.1 Å². The lowest BCUT2D eigenvalue weighted by molar-refractivity contribution is 0.617. The molecule has 3 rings (SSSR count). The number of rotatable bonds is 3. The molecule has 0 aliphatic rings. The third kappa shape index (κ3) is 2.47. The van der Waals surface area contributed by atoms with Crippen LogP contribution in [-0.2, 0) is 0 Å². The van der Waals surface area contributed by atoms with Gasteiger partial charge >= 0.3 is 6.01 Å². The maximum Gasteiger partial charge on any atom is 0.316 e.